The Morgan fingerprint density at radius 2 is 0.800 bits per heavy atom. The Morgan fingerprint density at radius 3 is 1.02 bits per heavy atom. The Kier molecular flexibility index (Phi) is 36.9. The van der Waals surface area contributed by atoms with Gasteiger partial charge >= 0.3 is 0 Å². The zero-order chi connectivity index (χ0) is 59.2. The molecule has 0 aliphatic heterocycles. The van der Waals surface area contributed by atoms with E-state index in [1.807, 2.05) is 0 Å². The van der Waals surface area contributed by atoms with E-state index < -0.39 is 0 Å². The molecule has 0 heteroatoms. The van der Waals surface area contributed by atoms with Crippen molar-refractivity contribution in [1.29, 1.82) is 0 Å². The van der Waals surface area contributed by atoms with E-state index in [4.69, 9.17) is 0 Å². The first kappa shape index (κ1) is 74.3. The predicted octanol–water partition coefficient (Wildman–Crippen LogP) is 28.1. The molecule has 0 N–H and O–H groups in total. The Labute approximate surface area is 509 Å². The van der Waals surface area contributed by atoms with E-state index >= 15 is 0 Å². The van der Waals surface area contributed by atoms with Crippen molar-refractivity contribution in [2.24, 2.45) is 105 Å². The van der Waals surface area contributed by atoms with Crippen molar-refractivity contribution in [3.05, 3.63) is 0 Å². The van der Waals surface area contributed by atoms with Gasteiger partial charge in [-0.3, -0.25) is 0 Å². The summed E-state index contributed by atoms with van der Waals surface area (Å²) >= 11 is 0. The van der Waals surface area contributed by atoms with Crippen molar-refractivity contribution in [1.82, 2.24) is 0 Å². The molecule has 12 aliphatic carbocycles. The van der Waals surface area contributed by atoms with Gasteiger partial charge in [0.1, 0.15) is 0 Å². The molecule has 0 saturated heterocycles. The third kappa shape index (κ3) is 30.6. The van der Waals surface area contributed by atoms with Crippen molar-refractivity contribution < 1.29 is 0 Å². The summed E-state index contributed by atoms with van der Waals surface area (Å²) in [5.74, 6) is 14.9. The van der Waals surface area contributed by atoms with Crippen LogP contribution in [0.15, 0.2) is 0 Å². The van der Waals surface area contributed by atoms with Crippen molar-refractivity contribution in [3.63, 3.8) is 0 Å². The monoisotopic (exact) mass is 1120 g/mol. The number of hydrogen-bond acceptors (Lipinski definition) is 0. The Bertz CT molecular complexity index is 1370. The van der Waals surface area contributed by atoms with E-state index in [-0.39, 0.29) is 0 Å². The molecule has 0 aromatic carbocycles. The molecule has 12 saturated carbocycles. The van der Waals surface area contributed by atoms with E-state index in [0.717, 1.165) is 93.7 Å². The Balaban J connectivity index is 0.000000233. The molecule has 12 fully saturated rings. The summed E-state index contributed by atoms with van der Waals surface area (Å²) in [5, 5.41) is 0. The van der Waals surface area contributed by atoms with Crippen molar-refractivity contribution in [2.45, 2.75) is 407 Å². The van der Waals surface area contributed by atoms with Crippen LogP contribution in [0.2, 0.25) is 0 Å². The first-order valence-corrected chi connectivity index (χ1v) is 37.9. The molecule has 476 valence electrons. The van der Waals surface area contributed by atoms with Crippen molar-refractivity contribution in [2.75, 3.05) is 0 Å². The maximum absolute atomic E-state index is 2.44. The summed E-state index contributed by atoms with van der Waals surface area (Å²) in [6, 6.07) is 0. The molecule has 12 aliphatic rings. The average Bonchev–Trinajstić information content (AvgIpc) is 4.30. The lowest BCUT2D eigenvalue weighted by atomic mass is 9.78. The quantitative estimate of drug-likeness (QED) is 0.257. The fourth-order valence-electron chi connectivity index (χ4n) is 17.8. The minimum absolute atomic E-state index is 0.653. The summed E-state index contributed by atoms with van der Waals surface area (Å²) < 4.78 is 0. The fraction of sp³-hybridized carbons (Fsp3) is 1.00. The summed E-state index contributed by atoms with van der Waals surface area (Å²) in [7, 11) is 0. The molecule has 0 amide bonds. The third-order valence-electron chi connectivity index (χ3n) is 25.7. The first-order chi connectivity index (χ1) is 37.9. The standard InChI is InChI=1S/2C8H14.8C8H16/c1-6-4-7-2-3-8(6)5-7;1-6-7-2-3-8(6)5-4-7;1-7-5-4-6-8(7,2)3;1-7-3-5-8(2)6-4-7;1-7-4-3-5-8(2)6-7;1-8(2)6-4-3-5-7-8;1-7(2)8-5-3-4-6-8;2*1-3-8(2)6-4-5-7-8;1-2-5-8-6-3-4-7-8/h2*6-8H,2-5H2,1H3;7H,4-6H2,1-3H3;2*7-8H,3-6H2,1-2H3;3-7H2,1-2H3;7-8H,3-6H2,1-2H3;2*3-7H2,1-2H3;8H,2-7H2,1H3/t6-,7?,8?;;7-;;7-,8?;;;;;/m0.0.1...../s1. The van der Waals surface area contributed by atoms with Gasteiger partial charge in [-0.15, -0.1) is 0 Å². The van der Waals surface area contributed by atoms with E-state index in [2.05, 4.69) is 125 Å². The molecule has 0 spiro atoms. The van der Waals surface area contributed by atoms with E-state index in [1.165, 1.54) is 231 Å². The van der Waals surface area contributed by atoms with Crippen LogP contribution in [0.4, 0.5) is 0 Å². The average molecular weight is 1120 g/mol. The van der Waals surface area contributed by atoms with Gasteiger partial charge in [-0.1, -0.05) is 311 Å². The summed E-state index contributed by atoms with van der Waals surface area (Å²) in [6.07, 6.45) is 65.3. The smallest absolute Gasteiger partial charge is 0.0328 e. The van der Waals surface area contributed by atoms with Crippen molar-refractivity contribution >= 4 is 0 Å². The molecular weight excluding hydrogens is 961 g/mol. The number of rotatable bonds is 5. The van der Waals surface area contributed by atoms with Crippen LogP contribution in [0.5, 0.6) is 0 Å². The summed E-state index contributed by atoms with van der Waals surface area (Å²) in [4.78, 5) is 0. The van der Waals surface area contributed by atoms with E-state index in [9.17, 15) is 0 Å². The second-order valence-electron chi connectivity index (χ2n) is 34.4. The zero-order valence-electron chi connectivity index (χ0n) is 59.2. The van der Waals surface area contributed by atoms with Gasteiger partial charge in [0.25, 0.3) is 0 Å². The van der Waals surface area contributed by atoms with Crippen LogP contribution in [0.25, 0.3) is 0 Å². The molecule has 0 nitrogen and oxygen atoms in total. The van der Waals surface area contributed by atoms with Crippen LogP contribution in [0.3, 0.4) is 0 Å². The highest BCUT2D eigenvalue weighted by Crippen LogP contribution is 2.49. The lowest BCUT2D eigenvalue weighted by Gasteiger charge is -2.28. The molecule has 3 unspecified atom stereocenters. The Hall–Kier alpha value is 0. The second-order valence-corrected chi connectivity index (χ2v) is 34.4. The van der Waals surface area contributed by atoms with E-state index in [0.29, 0.717) is 10.8 Å². The molecule has 12 rings (SSSR count). The highest BCUT2D eigenvalue weighted by Gasteiger charge is 2.38. The SMILES string of the molecule is CC(C)C1CCCC1.CC1(C)CCCCC1.CC1C2CCC1CC2.CC1CCC(C)CC1.CC1CCC[C@@H](C)C1.CCC1(C)CCCC1.CCC1(C)CCCC1.CCCC1CCCC1.C[C@H]1CC2CCC1C2.C[C@H]1CCCC1(C)C. The van der Waals surface area contributed by atoms with Gasteiger partial charge in [0.15, 0.2) is 0 Å². The van der Waals surface area contributed by atoms with Crippen LogP contribution < -0.4 is 0 Å². The van der Waals surface area contributed by atoms with Crippen LogP contribution >= 0.6 is 0 Å². The molecule has 0 heterocycles. The number of fused-ring (bicyclic) bond motifs is 4. The lowest BCUT2D eigenvalue weighted by molar-refractivity contribution is 0.244. The molecule has 0 radical (unpaired) electrons. The molecule has 0 aromatic rings. The highest BCUT2D eigenvalue weighted by atomic mass is 14.4. The van der Waals surface area contributed by atoms with Crippen LogP contribution in [0, 0.1) is 105 Å². The molecule has 4 bridgehead atoms. The van der Waals surface area contributed by atoms with Gasteiger partial charge in [0, 0.05) is 0 Å². The molecule has 80 heavy (non-hydrogen) atoms. The highest BCUT2D eigenvalue weighted by molar-refractivity contribution is 4.89. The van der Waals surface area contributed by atoms with Gasteiger partial charge in [-0.25, -0.2) is 0 Å². The van der Waals surface area contributed by atoms with Gasteiger partial charge < -0.3 is 0 Å². The number of hydrogen-bond donors (Lipinski definition) is 0. The zero-order valence-corrected chi connectivity index (χ0v) is 59.2. The van der Waals surface area contributed by atoms with Gasteiger partial charge in [0.2, 0.25) is 0 Å². The van der Waals surface area contributed by atoms with E-state index in [1.54, 1.807) is 51.4 Å². The van der Waals surface area contributed by atoms with Gasteiger partial charge in [-0.05, 0) is 201 Å². The minimum atomic E-state index is 0.653. The van der Waals surface area contributed by atoms with Crippen LogP contribution in [-0.2, 0) is 0 Å². The lowest BCUT2D eigenvalue weighted by Crippen LogP contribution is -2.14. The summed E-state index contributed by atoms with van der Waals surface area (Å²) in [6.45, 7) is 42.7. The largest absolute Gasteiger partial charge is 0.0654 e. The van der Waals surface area contributed by atoms with Gasteiger partial charge in [0.05, 0.1) is 0 Å². The molecule has 0 aromatic heterocycles. The maximum atomic E-state index is 2.44. The van der Waals surface area contributed by atoms with Crippen LogP contribution in [0.1, 0.15) is 407 Å². The third-order valence-corrected chi connectivity index (χ3v) is 25.7. The maximum Gasteiger partial charge on any atom is -0.0328 e. The minimum Gasteiger partial charge on any atom is -0.0654 e. The van der Waals surface area contributed by atoms with Crippen molar-refractivity contribution in [3.8, 4) is 0 Å². The Morgan fingerprint density at radius 1 is 0.362 bits per heavy atom. The van der Waals surface area contributed by atoms with Crippen LogP contribution in [-0.4, -0.2) is 0 Å². The summed E-state index contributed by atoms with van der Waals surface area (Å²) in [5.41, 5.74) is 2.80. The first-order valence-electron chi connectivity index (χ1n) is 37.9. The topological polar surface area (TPSA) is 0 Å². The molecular formula is C80H156. The van der Waals surface area contributed by atoms with Gasteiger partial charge in [-0.2, -0.15) is 0 Å². The fourth-order valence-corrected chi connectivity index (χ4v) is 17.8. The predicted molar refractivity (Wildman–Crippen MR) is 364 cm³/mol. The molecule has 6 atom stereocenters. The normalized spacial score (nSPS) is 34.6. The second kappa shape index (κ2) is 39.7.